The molecule has 0 aromatic heterocycles. The Labute approximate surface area is 89.4 Å². The van der Waals surface area contributed by atoms with Crippen LogP contribution >= 0.6 is 0 Å². The number of carboxylic acid groups (broad SMARTS) is 1. The Bertz CT molecular complexity index is 344. The van der Waals surface area contributed by atoms with Gasteiger partial charge in [-0.15, -0.1) is 0 Å². The predicted octanol–water partition coefficient (Wildman–Crippen LogP) is 2.00. The van der Waals surface area contributed by atoms with Crippen LogP contribution in [0.3, 0.4) is 0 Å². The van der Waals surface area contributed by atoms with E-state index >= 15 is 0 Å². The molecule has 1 unspecified atom stereocenters. The summed E-state index contributed by atoms with van der Waals surface area (Å²) in [4.78, 5) is 10.5. The van der Waals surface area contributed by atoms with E-state index in [9.17, 15) is 9.90 Å². The van der Waals surface area contributed by atoms with Crippen molar-refractivity contribution in [2.24, 2.45) is 5.92 Å². The van der Waals surface area contributed by atoms with E-state index in [1.165, 1.54) is 0 Å². The fourth-order valence-electron chi connectivity index (χ4n) is 1.45. The molecule has 3 nitrogen and oxygen atoms in total. The minimum absolute atomic E-state index is 0.00133. The van der Waals surface area contributed by atoms with Crippen LogP contribution in [0.5, 0.6) is 0 Å². The van der Waals surface area contributed by atoms with Crippen LogP contribution in [0.15, 0.2) is 24.3 Å². The first-order chi connectivity index (χ1) is 7.00. The number of hydrogen-bond acceptors (Lipinski definition) is 2. The third-order valence-corrected chi connectivity index (χ3v) is 2.28. The zero-order valence-electron chi connectivity index (χ0n) is 8.97. The van der Waals surface area contributed by atoms with E-state index in [1.807, 2.05) is 19.9 Å². The maximum absolute atomic E-state index is 10.5. The van der Waals surface area contributed by atoms with Crippen molar-refractivity contribution in [1.82, 2.24) is 0 Å². The smallest absolute Gasteiger partial charge is 0.307 e. The van der Waals surface area contributed by atoms with Crippen molar-refractivity contribution >= 4 is 5.97 Å². The van der Waals surface area contributed by atoms with E-state index in [1.54, 1.807) is 18.2 Å². The molecule has 0 amide bonds. The zero-order valence-corrected chi connectivity index (χ0v) is 8.97. The van der Waals surface area contributed by atoms with Crippen LogP contribution in [0.4, 0.5) is 0 Å². The Kier molecular flexibility index (Phi) is 3.86. The summed E-state index contributed by atoms with van der Waals surface area (Å²) >= 11 is 0. The molecule has 0 aliphatic carbocycles. The molecule has 0 saturated heterocycles. The van der Waals surface area contributed by atoms with E-state index in [4.69, 9.17) is 5.11 Å². The van der Waals surface area contributed by atoms with Crippen LogP contribution in [-0.2, 0) is 11.2 Å². The average molecular weight is 208 g/mol. The summed E-state index contributed by atoms with van der Waals surface area (Å²) in [6, 6.07) is 7.10. The zero-order chi connectivity index (χ0) is 11.4. The van der Waals surface area contributed by atoms with Gasteiger partial charge in [-0.05, 0) is 17.0 Å². The molecule has 0 spiro atoms. The molecule has 82 valence electrons. The van der Waals surface area contributed by atoms with E-state index in [0.29, 0.717) is 0 Å². The van der Waals surface area contributed by atoms with Crippen molar-refractivity contribution in [2.45, 2.75) is 26.4 Å². The molecule has 0 heterocycles. The number of aliphatic hydroxyl groups is 1. The maximum atomic E-state index is 10.5. The fourth-order valence-corrected chi connectivity index (χ4v) is 1.45. The quantitative estimate of drug-likeness (QED) is 0.795. The number of aliphatic hydroxyl groups excluding tert-OH is 1. The van der Waals surface area contributed by atoms with Crippen LogP contribution in [0.2, 0.25) is 0 Å². The van der Waals surface area contributed by atoms with Gasteiger partial charge in [0.25, 0.3) is 0 Å². The van der Waals surface area contributed by atoms with Crippen molar-refractivity contribution < 1.29 is 15.0 Å². The van der Waals surface area contributed by atoms with Crippen molar-refractivity contribution in [2.75, 3.05) is 0 Å². The minimum Gasteiger partial charge on any atom is -0.481 e. The lowest BCUT2D eigenvalue weighted by atomic mass is 9.97. The number of hydrogen-bond donors (Lipinski definition) is 2. The first-order valence-corrected chi connectivity index (χ1v) is 4.99. The molecule has 0 radical (unpaired) electrons. The maximum Gasteiger partial charge on any atom is 0.307 e. The van der Waals surface area contributed by atoms with Gasteiger partial charge in [0.2, 0.25) is 0 Å². The van der Waals surface area contributed by atoms with Gasteiger partial charge in [-0.2, -0.15) is 0 Å². The summed E-state index contributed by atoms with van der Waals surface area (Å²) < 4.78 is 0. The van der Waals surface area contributed by atoms with Crippen molar-refractivity contribution in [3.8, 4) is 0 Å². The third kappa shape index (κ3) is 3.36. The lowest BCUT2D eigenvalue weighted by Crippen LogP contribution is -2.07. The molecule has 1 rings (SSSR count). The van der Waals surface area contributed by atoms with Gasteiger partial charge in [-0.3, -0.25) is 4.79 Å². The predicted molar refractivity (Wildman–Crippen MR) is 57.6 cm³/mol. The molecule has 0 aliphatic heterocycles. The second kappa shape index (κ2) is 4.94. The number of carbonyl (C=O) groups is 1. The molecule has 0 bridgehead atoms. The van der Waals surface area contributed by atoms with Crippen molar-refractivity contribution in [1.29, 1.82) is 0 Å². The molecular formula is C12H16O3. The van der Waals surface area contributed by atoms with E-state index < -0.39 is 12.1 Å². The standard InChI is InChI=1S/C12H16O3/c1-8(2)12(15)10-5-3-4-9(6-10)7-11(13)14/h3-6,8,12,15H,7H2,1-2H3,(H,13,14). The highest BCUT2D eigenvalue weighted by Crippen LogP contribution is 2.22. The molecule has 0 saturated carbocycles. The molecule has 0 fully saturated rings. The first-order valence-electron chi connectivity index (χ1n) is 4.99. The lowest BCUT2D eigenvalue weighted by Gasteiger charge is -2.15. The summed E-state index contributed by atoms with van der Waals surface area (Å²) in [7, 11) is 0. The van der Waals surface area contributed by atoms with Gasteiger partial charge in [0, 0.05) is 0 Å². The summed E-state index contributed by atoms with van der Waals surface area (Å²) in [5.74, 6) is -0.726. The topological polar surface area (TPSA) is 57.5 Å². The minimum atomic E-state index is -0.855. The molecule has 1 aromatic carbocycles. The van der Waals surface area contributed by atoms with Gasteiger partial charge in [0.05, 0.1) is 12.5 Å². The average Bonchev–Trinajstić information content (AvgIpc) is 2.16. The second-order valence-corrected chi connectivity index (χ2v) is 4.00. The van der Waals surface area contributed by atoms with Gasteiger partial charge >= 0.3 is 5.97 Å². The number of aliphatic carboxylic acids is 1. The summed E-state index contributed by atoms with van der Waals surface area (Å²) in [5.41, 5.74) is 1.50. The fraction of sp³-hybridized carbons (Fsp3) is 0.417. The molecule has 1 atom stereocenters. The van der Waals surface area contributed by atoms with E-state index in [0.717, 1.165) is 11.1 Å². The Morgan fingerprint density at radius 1 is 1.40 bits per heavy atom. The Balaban J connectivity index is 2.87. The second-order valence-electron chi connectivity index (χ2n) is 4.00. The summed E-state index contributed by atoms with van der Waals surface area (Å²) in [6.45, 7) is 3.85. The van der Waals surface area contributed by atoms with Crippen LogP contribution in [0.25, 0.3) is 0 Å². The molecule has 1 aromatic rings. The monoisotopic (exact) mass is 208 g/mol. The highest BCUT2D eigenvalue weighted by Gasteiger charge is 2.12. The van der Waals surface area contributed by atoms with E-state index in [2.05, 4.69) is 0 Å². The Morgan fingerprint density at radius 2 is 2.07 bits per heavy atom. The van der Waals surface area contributed by atoms with E-state index in [-0.39, 0.29) is 12.3 Å². The number of benzene rings is 1. The Hall–Kier alpha value is -1.35. The van der Waals surface area contributed by atoms with Gasteiger partial charge < -0.3 is 10.2 Å². The molecule has 15 heavy (non-hydrogen) atoms. The molecule has 0 aliphatic rings. The largest absolute Gasteiger partial charge is 0.481 e. The molecular weight excluding hydrogens is 192 g/mol. The Morgan fingerprint density at radius 3 is 2.60 bits per heavy atom. The van der Waals surface area contributed by atoms with Gasteiger partial charge in [0.15, 0.2) is 0 Å². The van der Waals surface area contributed by atoms with Crippen LogP contribution in [-0.4, -0.2) is 16.2 Å². The lowest BCUT2D eigenvalue weighted by molar-refractivity contribution is -0.136. The van der Waals surface area contributed by atoms with Crippen LogP contribution < -0.4 is 0 Å². The normalized spacial score (nSPS) is 12.8. The van der Waals surface area contributed by atoms with Gasteiger partial charge in [-0.25, -0.2) is 0 Å². The van der Waals surface area contributed by atoms with Gasteiger partial charge in [-0.1, -0.05) is 38.1 Å². The van der Waals surface area contributed by atoms with Crippen molar-refractivity contribution in [3.63, 3.8) is 0 Å². The van der Waals surface area contributed by atoms with Gasteiger partial charge in [0.1, 0.15) is 0 Å². The first kappa shape index (κ1) is 11.7. The third-order valence-electron chi connectivity index (χ3n) is 2.28. The summed E-state index contributed by atoms with van der Waals surface area (Å²) in [6.07, 6.45) is -0.530. The highest BCUT2D eigenvalue weighted by molar-refractivity contribution is 5.70. The number of rotatable bonds is 4. The SMILES string of the molecule is CC(C)C(O)c1cccc(CC(=O)O)c1. The van der Waals surface area contributed by atoms with Crippen LogP contribution in [0.1, 0.15) is 31.1 Å². The highest BCUT2D eigenvalue weighted by atomic mass is 16.4. The van der Waals surface area contributed by atoms with Crippen LogP contribution in [0, 0.1) is 5.92 Å². The van der Waals surface area contributed by atoms with Crippen molar-refractivity contribution in [3.05, 3.63) is 35.4 Å². The summed E-state index contributed by atoms with van der Waals surface area (Å²) in [5, 5.41) is 18.5. The molecule has 2 N–H and O–H groups in total. The molecule has 3 heteroatoms. The number of carboxylic acids is 1.